The first-order valence-electron chi connectivity index (χ1n) is 10.7. The minimum atomic E-state index is -0.595. The number of primary amides is 1. The summed E-state index contributed by atoms with van der Waals surface area (Å²) in [7, 11) is 0. The Morgan fingerprint density at radius 2 is 1.63 bits per heavy atom. The summed E-state index contributed by atoms with van der Waals surface area (Å²) in [5.74, 6) is 0.514. The van der Waals surface area contributed by atoms with Crippen molar-refractivity contribution in [2.75, 3.05) is 13.1 Å². The van der Waals surface area contributed by atoms with Gasteiger partial charge in [0.2, 0.25) is 5.91 Å². The van der Waals surface area contributed by atoms with Crippen LogP contribution in [0.15, 0.2) is 0 Å². The number of nitriles is 1. The Balaban J connectivity index is 1.59. The lowest BCUT2D eigenvalue weighted by Gasteiger charge is -2.51. The second-order valence-corrected chi connectivity index (χ2v) is 9.50. The number of carbonyl (C=O) groups is 2. The molecule has 1 spiro atoms. The third-order valence-corrected chi connectivity index (χ3v) is 8.16. The van der Waals surface area contributed by atoms with Crippen LogP contribution in [0.1, 0.15) is 77.0 Å². The van der Waals surface area contributed by atoms with Crippen molar-refractivity contribution in [1.82, 2.24) is 10.2 Å². The summed E-state index contributed by atoms with van der Waals surface area (Å²) in [4.78, 5) is 26.9. The van der Waals surface area contributed by atoms with E-state index in [2.05, 4.69) is 11.4 Å². The molecule has 6 nitrogen and oxygen atoms in total. The first-order chi connectivity index (χ1) is 13.0. The Bertz CT molecular complexity index is 650. The molecule has 1 saturated heterocycles. The molecule has 1 heterocycles. The van der Waals surface area contributed by atoms with Crippen molar-refractivity contribution >= 4 is 11.9 Å². The van der Waals surface area contributed by atoms with Gasteiger partial charge in [0.25, 0.3) is 0 Å². The number of amides is 3. The molecule has 0 aromatic carbocycles. The van der Waals surface area contributed by atoms with Crippen LogP contribution in [0.2, 0.25) is 0 Å². The van der Waals surface area contributed by atoms with Gasteiger partial charge in [-0.2, -0.15) is 5.26 Å². The molecule has 0 aromatic rings. The molecule has 3 aliphatic carbocycles. The first-order valence-corrected chi connectivity index (χ1v) is 10.7. The quantitative estimate of drug-likeness (QED) is 0.796. The zero-order valence-electron chi connectivity index (χ0n) is 16.3. The smallest absolute Gasteiger partial charge is 0.314 e. The molecule has 1 aliphatic heterocycles. The first kappa shape index (κ1) is 18.6. The number of carbonyl (C=O) groups excluding carboxylic acids is 2. The fraction of sp³-hybridized carbons (Fsp3) is 0.857. The van der Waals surface area contributed by atoms with Crippen molar-refractivity contribution < 1.29 is 9.59 Å². The molecule has 27 heavy (non-hydrogen) atoms. The number of piperidine rings is 1. The van der Waals surface area contributed by atoms with E-state index < -0.39 is 5.54 Å². The van der Waals surface area contributed by atoms with Crippen molar-refractivity contribution in [3.05, 3.63) is 0 Å². The number of nitrogens with zero attached hydrogens (tertiary/aromatic N) is 2. The highest BCUT2D eigenvalue weighted by atomic mass is 16.2. The number of hydrogen-bond acceptors (Lipinski definition) is 3. The molecule has 1 atom stereocenters. The van der Waals surface area contributed by atoms with Crippen LogP contribution in [0, 0.1) is 28.1 Å². The lowest BCUT2D eigenvalue weighted by Crippen LogP contribution is -2.56. The van der Waals surface area contributed by atoms with Gasteiger partial charge in [0, 0.05) is 13.1 Å². The van der Waals surface area contributed by atoms with Crippen LogP contribution in [0.4, 0.5) is 4.79 Å². The Labute approximate surface area is 161 Å². The van der Waals surface area contributed by atoms with Crippen molar-refractivity contribution in [3.8, 4) is 6.07 Å². The van der Waals surface area contributed by atoms with E-state index in [0.29, 0.717) is 19.0 Å². The lowest BCUT2D eigenvalue weighted by atomic mass is 9.55. The normalized spacial score (nSPS) is 30.5. The molecule has 4 rings (SSSR count). The molecular formula is C21H32N4O2. The predicted octanol–water partition coefficient (Wildman–Crippen LogP) is 3.07. The van der Waals surface area contributed by atoms with Crippen molar-refractivity contribution in [1.29, 1.82) is 5.26 Å². The summed E-state index contributed by atoms with van der Waals surface area (Å²) >= 11 is 0. The van der Waals surface area contributed by atoms with Crippen LogP contribution < -0.4 is 11.1 Å². The molecule has 3 amide bonds. The molecule has 4 fully saturated rings. The number of rotatable bonds is 3. The molecule has 0 aromatic heterocycles. The molecule has 4 aliphatic rings. The Hall–Kier alpha value is -1.77. The van der Waals surface area contributed by atoms with Crippen LogP contribution in [-0.4, -0.2) is 35.5 Å². The van der Waals surface area contributed by atoms with E-state index in [4.69, 9.17) is 5.73 Å². The van der Waals surface area contributed by atoms with Gasteiger partial charge < -0.3 is 16.0 Å². The Kier molecular flexibility index (Phi) is 4.60. The number of hydrogen-bond donors (Lipinski definition) is 2. The number of nitrogens with two attached hydrogens (primary N) is 1. The lowest BCUT2D eigenvalue weighted by molar-refractivity contribution is -0.142. The third kappa shape index (κ3) is 3.09. The second-order valence-electron chi connectivity index (χ2n) is 9.50. The minimum absolute atomic E-state index is 0.143. The molecule has 0 radical (unpaired) electrons. The number of nitrogens with one attached hydrogen (secondary N) is 1. The summed E-state index contributed by atoms with van der Waals surface area (Å²) in [6.45, 7) is 1.43. The SMILES string of the molecule is N#CC1(NC(=O)C2(C3CCCC34CCN(C(N)=O)CC4)CCCCC2)CC1. The maximum atomic E-state index is 13.6. The summed E-state index contributed by atoms with van der Waals surface area (Å²) in [5, 5.41) is 12.6. The van der Waals surface area contributed by atoms with Gasteiger partial charge >= 0.3 is 6.03 Å². The van der Waals surface area contributed by atoms with E-state index in [0.717, 1.165) is 64.2 Å². The number of likely N-dealkylation sites (tertiary alicyclic amines) is 1. The van der Waals surface area contributed by atoms with Gasteiger partial charge in [-0.15, -0.1) is 0 Å². The highest BCUT2D eigenvalue weighted by molar-refractivity contribution is 5.85. The van der Waals surface area contributed by atoms with E-state index in [1.807, 2.05) is 0 Å². The fourth-order valence-electron chi connectivity index (χ4n) is 6.42. The second kappa shape index (κ2) is 6.68. The van der Waals surface area contributed by atoms with E-state index in [-0.39, 0.29) is 22.8 Å². The van der Waals surface area contributed by atoms with Crippen molar-refractivity contribution in [2.45, 2.75) is 82.6 Å². The zero-order valence-corrected chi connectivity index (χ0v) is 16.3. The molecule has 0 bridgehead atoms. The summed E-state index contributed by atoms with van der Waals surface area (Å²) < 4.78 is 0. The van der Waals surface area contributed by atoms with E-state index >= 15 is 0 Å². The molecule has 3 saturated carbocycles. The largest absolute Gasteiger partial charge is 0.351 e. The molecular weight excluding hydrogens is 340 g/mol. The van der Waals surface area contributed by atoms with Gasteiger partial charge in [-0.25, -0.2) is 4.79 Å². The highest BCUT2D eigenvalue weighted by Crippen LogP contribution is 2.61. The van der Waals surface area contributed by atoms with Crippen LogP contribution in [0.3, 0.4) is 0 Å². The maximum Gasteiger partial charge on any atom is 0.314 e. The number of urea groups is 1. The summed E-state index contributed by atoms with van der Waals surface area (Å²) in [5.41, 5.74) is 4.73. The monoisotopic (exact) mass is 372 g/mol. The molecule has 148 valence electrons. The van der Waals surface area contributed by atoms with Crippen LogP contribution in [0.5, 0.6) is 0 Å². The van der Waals surface area contributed by atoms with Crippen LogP contribution in [-0.2, 0) is 4.79 Å². The van der Waals surface area contributed by atoms with E-state index in [1.165, 1.54) is 12.8 Å². The topological polar surface area (TPSA) is 99.2 Å². The molecule has 3 N–H and O–H groups in total. The van der Waals surface area contributed by atoms with Gasteiger partial charge in [0.15, 0.2) is 0 Å². The summed E-state index contributed by atoms with van der Waals surface area (Å²) in [6, 6.07) is 2.00. The van der Waals surface area contributed by atoms with E-state index in [9.17, 15) is 14.9 Å². The molecule has 6 heteroatoms. The summed E-state index contributed by atoms with van der Waals surface area (Å²) in [6.07, 6.45) is 12.2. The minimum Gasteiger partial charge on any atom is -0.351 e. The van der Waals surface area contributed by atoms with Crippen molar-refractivity contribution in [3.63, 3.8) is 0 Å². The standard InChI is InChI=1S/C21H32N4O2/c22-15-20(9-10-20)24-17(26)21(7-2-1-3-8-21)16-5-4-6-19(16)11-13-25(14-12-19)18(23)27/h16H,1-14H2,(H2,23,27)(H,24,26). The maximum absolute atomic E-state index is 13.6. The van der Waals surface area contributed by atoms with Gasteiger partial charge in [0.05, 0.1) is 11.5 Å². The molecule has 1 unspecified atom stereocenters. The van der Waals surface area contributed by atoms with E-state index in [1.54, 1.807) is 4.90 Å². The fourth-order valence-corrected chi connectivity index (χ4v) is 6.42. The predicted molar refractivity (Wildman–Crippen MR) is 101 cm³/mol. The van der Waals surface area contributed by atoms with Crippen LogP contribution >= 0.6 is 0 Å². The Morgan fingerprint density at radius 3 is 2.19 bits per heavy atom. The average Bonchev–Trinajstić information content (AvgIpc) is 3.34. The van der Waals surface area contributed by atoms with Gasteiger partial charge in [-0.1, -0.05) is 25.7 Å². The average molecular weight is 373 g/mol. The van der Waals surface area contributed by atoms with Crippen molar-refractivity contribution in [2.24, 2.45) is 22.5 Å². The highest BCUT2D eigenvalue weighted by Gasteiger charge is 2.59. The third-order valence-electron chi connectivity index (χ3n) is 8.16. The van der Waals surface area contributed by atoms with Crippen LogP contribution in [0.25, 0.3) is 0 Å². The van der Waals surface area contributed by atoms with Gasteiger partial charge in [-0.3, -0.25) is 4.79 Å². The Morgan fingerprint density at radius 1 is 0.963 bits per heavy atom. The zero-order chi connectivity index (χ0) is 19.1. The van der Waals surface area contributed by atoms with Gasteiger partial charge in [-0.05, 0) is 62.7 Å². The van der Waals surface area contributed by atoms with Gasteiger partial charge in [0.1, 0.15) is 5.54 Å².